The van der Waals surface area contributed by atoms with Crippen molar-refractivity contribution in [3.8, 4) is 0 Å². The first kappa shape index (κ1) is 16.3. The summed E-state index contributed by atoms with van der Waals surface area (Å²) in [7, 11) is 0. The van der Waals surface area contributed by atoms with Crippen LogP contribution in [0.5, 0.6) is 0 Å². The summed E-state index contributed by atoms with van der Waals surface area (Å²) < 4.78 is 41.9. The quantitative estimate of drug-likeness (QED) is 0.799. The van der Waals surface area contributed by atoms with Gasteiger partial charge in [0.1, 0.15) is 11.6 Å². The van der Waals surface area contributed by atoms with E-state index in [0.717, 1.165) is 24.9 Å². The number of halogens is 4. The summed E-state index contributed by atoms with van der Waals surface area (Å²) in [5, 5.41) is 0. The molecule has 3 heterocycles. The fourth-order valence-corrected chi connectivity index (χ4v) is 3.18. The molecule has 1 saturated heterocycles. The largest absolute Gasteiger partial charge is 0.419 e. The summed E-state index contributed by atoms with van der Waals surface area (Å²) in [6.07, 6.45) is 1.52. The number of nitrogens with zero attached hydrogens (tertiary/aromatic N) is 4. The maximum atomic E-state index is 13.2. The van der Waals surface area contributed by atoms with Crippen LogP contribution in [0, 0.1) is 5.92 Å². The van der Waals surface area contributed by atoms with Gasteiger partial charge in [0.2, 0.25) is 0 Å². The van der Waals surface area contributed by atoms with Crippen LogP contribution in [0.1, 0.15) is 18.3 Å². The number of hydrogen-bond acceptors (Lipinski definition) is 3. The molecule has 0 saturated carbocycles. The van der Waals surface area contributed by atoms with Gasteiger partial charge in [-0.3, -0.25) is 0 Å². The maximum absolute atomic E-state index is 13.2. The molecule has 2 aromatic heterocycles. The van der Waals surface area contributed by atoms with E-state index in [-0.39, 0.29) is 5.82 Å². The molecular formula is C15H16BrF3N4. The predicted octanol–water partition coefficient (Wildman–Crippen LogP) is 3.76. The average Bonchev–Trinajstić information content (AvgIpc) is 2.89. The van der Waals surface area contributed by atoms with Gasteiger partial charge in [0.25, 0.3) is 0 Å². The monoisotopic (exact) mass is 388 g/mol. The van der Waals surface area contributed by atoms with Gasteiger partial charge >= 0.3 is 6.18 Å². The van der Waals surface area contributed by atoms with Gasteiger partial charge in [-0.1, -0.05) is 6.92 Å². The molecule has 3 rings (SSSR count). The topological polar surface area (TPSA) is 34.0 Å². The lowest BCUT2D eigenvalue weighted by Gasteiger charge is -2.41. The molecule has 1 aliphatic rings. The molecule has 1 aliphatic heterocycles. The Morgan fingerprint density at radius 1 is 1.30 bits per heavy atom. The normalized spacial score (nSPS) is 15.8. The Balaban J connectivity index is 1.70. The number of pyridine rings is 1. The van der Waals surface area contributed by atoms with Gasteiger partial charge in [0.15, 0.2) is 0 Å². The first-order chi connectivity index (χ1) is 10.9. The average molecular weight is 389 g/mol. The van der Waals surface area contributed by atoms with Gasteiger partial charge in [-0.25, -0.2) is 9.97 Å². The number of aromatic nitrogens is 3. The Bertz CT molecular complexity index is 692. The summed E-state index contributed by atoms with van der Waals surface area (Å²) >= 11 is 3.05. The van der Waals surface area contributed by atoms with Crippen LogP contribution in [0.15, 0.2) is 29.1 Å². The molecule has 0 bridgehead atoms. The smallest absolute Gasteiger partial charge is 0.355 e. The summed E-state index contributed by atoms with van der Waals surface area (Å²) in [6, 6.07) is 1.08. The summed E-state index contributed by atoms with van der Waals surface area (Å²) in [4.78, 5) is 9.92. The summed E-state index contributed by atoms with van der Waals surface area (Å²) in [6.45, 7) is 3.95. The van der Waals surface area contributed by atoms with E-state index in [0.29, 0.717) is 23.5 Å². The van der Waals surface area contributed by atoms with E-state index in [9.17, 15) is 13.2 Å². The lowest BCUT2D eigenvalue weighted by molar-refractivity contribution is -0.137. The third-order valence-corrected chi connectivity index (χ3v) is 4.40. The predicted molar refractivity (Wildman–Crippen MR) is 84.2 cm³/mol. The highest BCUT2D eigenvalue weighted by atomic mass is 79.9. The second-order valence-corrected chi connectivity index (χ2v) is 6.56. The maximum Gasteiger partial charge on any atom is 0.419 e. The number of hydrogen-bond donors (Lipinski definition) is 0. The molecule has 0 radical (unpaired) electrons. The Labute approximate surface area is 140 Å². The number of aryl methyl sites for hydroxylation is 1. The van der Waals surface area contributed by atoms with Crippen molar-refractivity contribution in [2.24, 2.45) is 5.92 Å². The highest BCUT2D eigenvalue weighted by Crippen LogP contribution is 2.39. The number of anilines is 1. The van der Waals surface area contributed by atoms with Gasteiger partial charge in [-0.05, 0) is 22.0 Å². The molecule has 8 heteroatoms. The van der Waals surface area contributed by atoms with Crippen molar-refractivity contribution >= 4 is 21.7 Å². The molecular weight excluding hydrogens is 373 g/mol. The lowest BCUT2D eigenvalue weighted by Crippen LogP contribution is -2.49. The highest BCUT2D eigenvalue weighted by Gasteiger charge is 2.39. The molecule has 0 spiro atoms. The Morgan fingerprint density at radius 3 is 2.70 bits per heavy atom. The van der Waals surface area contributed by atoms with Gasteiger partial charge in [0, 0.05) is 55.0 Å². The molecule has 0 unspecified atom stereocenters. The highest BCUT2D eigenvalue weighted by molar-refractivity contribution is 9.10. The molecule has 2 aromatic rings. The van der Waals surface area contributed by atoms with E-state index in [1.807, 2.05) is 13.1 Å². The molecule has 0 aliphatic carbocycles. The standard InChI is InChI=1S/C15H16BrF3N4/c1-2-13-20-3-4-22(13)7-10-8-23(9-10)14-12(15(17,18)19)5-11(16)6-21-14/h3-6,10H,2,7-9H2,1H3. The minimum Gasteiger partial charge on any atom is -0.355 e. The summed E-state index contributed by atoms with van der Waals surface area (Å²) in [5.41, 5.74) is -0.692. The lowest BCUT2D eigenvalue weighted by atomic mass is 9.99. The molecule has 0 aromatic carbocycles. The van der Waals surface area contributed by atoms with Crippen LogP contribution < -0.4 is 4.90 Å². The van der Waals surface area contributed by atoms with Crippen molar-refractivity contribution in [3.63, 3.8) is 0 Å². The molecule has 0 N–H and O–H groups in total. The number of alkyl halides is 3. The zero-order valence-corrected chi connectivity index (χ0v) is 14.1. The van der Waals surface area contributed by atoms with Crippen LogP contribution in [0.4, 0.5) is 19.0 Å². The second kappa shape index (κ2) is 6.14. The van der Waals surface area contributed by atoms with Gasteiger partial charge < -0.3 is 9.47 Å². The van der Waals surface area contributed by atoms with Crippen LogP contribution in [-0.4, -0.2) is 27.6 Å². The van der Waals surface area contributed by atoms with Crippen LogP contribution in [0.25, 0.3) is 0 Å². The van der Waals surface area contributed by atoms with Gasteiger partial charge in [-0.15, -0.1) is 0 Å². The van der Waals surface area contributed by atoms with E-state index in [1.54, 1.807) is 11.1 Å². The van der Waals surface area contributed by atoms with Crippen molar-refractivity contribution in [1.82, 2.24) is 14.5 Å². The summed E-state index contributed by atoms with van der Waals surface area (Å²) in [5.74, 6) is 1.32. The Hall–Kier alpha value is -1.57. The second-order valence-electron chi connectivity index (χ2n) is 5.64. The first-order valence-corrected chi connectivity index (χ1v) is 8.15. The molecule has 4 nitrogen and oxygen atoms in total. The van der Waals surface area contributed by atoms with Crippen LogP contribution in [0.2, 0.25) is 0 Å². The zero-order valence-electron chi connectivity index (χ0n) is 12.5. The van der Waals surface area contributed by atoms with Gasteiger partial charge in [-0.2, -0.15) is 13.2 Å². The van der Waals surface area contributed by atoms with Crippen molar-refractivity contribution in [2.45, 2.75) is 26.1 Å². The minimum absolute atomic E-state index is 0.0123. The first-order valence-electron chi connectivity index (χ1n) is 7.36. The number of rotatable bonds is 4. The zero-order chi connectivity index (χ0) is 16.6. The van der Waals surface area contributed by atoms with Crippen LogP contribution in [0.3, 0.4) is 0 Å². The fraction of sp³-hybridized carbons (Fsp3) is 0.467. The van der Waals surface area contributed by atoms with Crippen LogP contribution in [-0.2, 0) is 19.1 Å². The van der Waals surface area contributed by atoms with Crippen LogP contribution >= 0.6 is 15.9 Å². The Morgan fingerprint density at radius 2 is 2.04 bits per heavy atom. The number of imidazole rings is 1. The van der Waals surface area contributed by atoms with Crippen molar-refractivity contribution in [3.05, 3.63) is 40.5 Å². The molecule has 124 valence electrons. The third-order valence-electron chi connectivity index (χ3n) is 3.97. The molecule has 23 heavy (non-hydrogen) atoms. The third kappa shape index (κ3) is 3.36. The van der Waals surface area contributed by atoms with Crippen molar-refractivity contribution in [1.29, 1.82) is 0 Å². The van der Waals surface area contributed by atoms with E-state index in [4.69, 9.17) is 0 Å². The molecule has 0 amide bonds. The van der Waals surface area contributed by atoms with E-state index in [2.05, 4.69) is 30.5 Å². The van der Waals surface area contributed by atoms with Crippen molar-refractivity contribution < 1.29 is 13.2 Å². The molecule has 0 atom stereocenters. The van der Waals surface area contributed by atoms with E-state index in [1.165, 1.54) is 6.20 Å². The van der Waals surface area contributed by atoms with E-state index >= 15 is 0 Å². The fourth-order valence-electron chi connectivity index (χ4n) is 2.85. The van der Waals surface area contributed by atoms with Gasteiger partial charge in [0.05, 0.1) is 5.56 Å². The van der Waals surface area contributed by atoms with E-state index < -0.39 is 11.7 Å². The SMILES string of the molecule is CCc1nccn1CC1CN(c2ncc(Br)cc2C(F)(F)F)C1. The minimum atomic E-state index is -4.41. The molecule has 1 fully saturated rings. The van der Waals surface area contributed by atoms with Crippen molar-refractivity contribution in [2.75, 3.05) is 18.0 Å². The Kier molecular flexibility index (Phi) is 4.35.